The maximum atomic E-state index is 12.3. The monoisotopic (exact) mass is 283 g/mol. The van der Waals surface area contributed by atoms with Gasteiger partial charge < -0.3 is 9.73 Å². The van der Waals surface area contributed by atoms with E-state index in [2.05, 4.69) is 15.5 Å². The van der Waals surface area contributed by atoms with Crippen molar-refractivity contribution in [2.24, 2.45) is 0 Å². The van der Waals surface area contributed by atoms with Crippen molar-refractivity contribution in [3.8, 4) is 0 Å². The first-order chi connectivity index (χ1) is 10.1. The van der Waals surface area contributed by atoms with Crippen molar-refractivity contribution in [1.82, 2.24) is 15.5 Å². The largest absolute Gasteiger partial charge is 0.459 e. The molecule has 0 saturated heterocycles. The quantitative estimate of drug-likeness (QED) is 0.775. The summed E-state index contributed by atoms with van der Waals surface area (Å²) in [6, 6.07) is 9.53. The molecule has 3 aromatic rings. The smallest absolute Gasteiger partial charge is 0.255 e. The molecule has 3 rings (SSSR count). The predicted molar refractivity (Wildman–Crippen MR) is 80.2 cm³/mol. The van der Waals surface area contributed by atoms with Gasteiger partial charge in [-0.05, 0) is 32.9 Å². The Morgan fingerprint density at radius 2 is 2.10 bits per heavy atom. The number of nitrogens with one attached hydrogen (secondary N) is 2. The van der Waals surface area contributed by atoms with E-state index in [4.69, 9.17) is 4.42 Å². The third-order valence-electron chi connectivity index (χ3n) is 3.57. The molecule has 0 saturated carbocycles. The lowest BCUT2D eigenvalue weighted by atomic mass is 10.1. The zero-order chi connectivity index (χ0) is 15.0. The highest BCUT2D eigenvalue weighted by molar-refractivity contribution is 5.96. The summed E-state index contributed by atoms with van der Waals surface area (Å²) in [6.45, 7) is 5.55. The number of para-hydroxylation sites is 1. The van der Waals surface area contributed by atoms with E-state index < -0.39 is 0 Å². The van der Waals surface area contributed by atoms with Gasteiger partial charge in [-0.25, -0.2) is 0 Å². The molecule has 1 amide bonds. The van der Waals surface area contributed by atoms with Gasteiger partial charge in [-0.3, -0.25) is 9.89 Å². The lowest BCUT2D eigenvalue weighted by molar-refractivity contribution is 0.0934. The molecule has 2 N–H and O–H groups in total. The predicted octanol–water partition coefficient (Wildman–Crippen LogP) is 3.26. The second-order valence-electron chi connectivity index (χ2n) is 5.19. The number of hydrogen-bond donors (Lipinski definition) is 2. The molecule has 0 radical (unpaired) electrons. The Labute approximate surface area is 122 Å². The normalized spacial score (nSPS) is 12.5. The molecule has 0 aliphatic carbocycles. The number of rotatable bonds is 3. The van der Waals surface area contributed by atoms with Gasteiger partial charge in [-0.1, -0.05) is 18.2 Å². The van der Waals surface area contributed by atoms with Crippen molar-refractivity contribution in [2.75, 3.05) is 0 Å². The number of carbonyl (C=O) groups excluding carboxylic acids is 1. The fourth-order valence-electron chi connectivity index (χ4n) is 2.44. The van der Waals surface area contributed by atoms with Crippen LogP contribution in [0, 0.1) is 13.8 Å². The van der Waals surface area contributed by atoms with E-state index >= 15 is 0 Å². The van der Waals surface area contributed by atoms with Gasteiger partial charge in [0.15, 0.2) is 0 Å². The van der Waals surface area contributed by atoms with Crippen molar-refractivity contribution in [1.29, 1.82) is 0 Å². The summed E-state index contributed by atoms with van der Waals surface area (Å²) in [5.74, 6) is 0.593. The zero-order valence-corrected chi connectivity index (χ0v) is 12.2. The topological polar surface area (TPSA) is 70.9 Å². The van der Waals surface area contributed by atoms with Crippen molar-refractivity contribution in [3.05, 3.63) is 53.0 Å². The maximum absolute atomic E-state index is 12.3. The number of hydrogen-bond acceptors (Lipinski definition) is 3. The fraction of sp³-hybridized carbons (Fsp3) is 0.250. The van der Waals surface area contributed by atoms with E-state index in [0.717, 1.165) is 22.4 Å². The van der Waals surface area contributed by atoms with Gasteiger partial charge in [0.25, 0.3) is 5.91 Å². The average Bonchev–Trinajstić information content (AvgIpc) is 3.02. The molecule has 2 aromatic heterocycles. The molecule has 0 bridgehead atoms. The van der Waals surface area contributed by atoms with Crippen LogP contribution in [0.1, 0.15) is 40.5 Å². The van der Waals surface area contributed by atoms with Gasteiger partial charge >= 0.3 is 0 Å². The number of carbonyl (C=O) groups is 1. The third kappa shape index (κ3) is 2.42. The van der Waals surface area contributed by atoms with Gasteiger partial charge in [-0.15, -0.1) is 0 Å². The van der Waals surface area contributed by atoms with Crippen LogP contribution in [-0.2, 0) is 0 Å². The minimum atomic E-state index is -0.210. The second kappa shape index (κ2) is 5.09. The molecule has 1 aromatic carbocycles. The summed E-state index contributed by atoms with van der Waals surface area (Å²) in [5.41, 5.74) is 2.88. The number of aromatic amines is 1. The SMILES string of the molecule is Cc1n[nH]c(C)c1C(=O)NC(C)c1cc2ccccc2o1. The Bertz CT molecular complexity index is 748. The number of nitrogens with zero attached hydrogens (tertiary/aromatic N) is 1. The molecule has 0 fully saturated rings. The van der Waals surface area contributed by atoms with Crippen molar-refractivity contribution >= 4 is 16.9 Å². The van der Waals surface area contributed by atoms with E-state index in [1.165, 1.54) is 0 Å². The fourth-order valence-corrected chi connectivity index (χ4v) is 2.44. The van der Waals surface area contributed by atoms with E-state index in [1.54, 1.807) is 0 Å². The molecular formula is C16H17N3O2. The number of aromatic nitrogens is 2. The highest BCUT2D eigenvalue weighted by atomic mass is 16.3. The first-order valence-electron chi connectivity index (χ1n) is 6.87. The van der Waals surface area contributed by atoms with Gasteiger partial charge in [0.05, 0.1) is 17.3 Å². The Morgan fingerprint density at radius 1 is 1.33 bits per heavy atom. The van der Waals surface area contributed by atoms with Crippen LogP contribution in [0.3, 0.4) is 0 Å². The van der Waals surface area contributed by atoms with Crippen LogP contribution in [0.15, 0.2) is 34.7 Å². The maximum Gasteiger partial charge on any atom is 0.255 e. The number of furan rings is 1. The Kier molecular flexibility index (Phi) is 3.25. The molecule has 1 unspecified atom stereocenters. The van der Waals surface area contributed by atoms with Crippen LogP contribution >= 0.6 is 0 Å². The first kappa shape index (κ1) is 13.4. The van der Waals surface area contributed by atoms with Crippen LogP contribution in [-0.4, -0.2) is 16.1 Å². The molecule has 21 heavy (non-hydrogen) atoms. The van der Waals surface area contributed by atoms with Gasteiger partial charge in [0.2, 0.25) is 0 Å². The number of H-pyrrole nitrogens is 1. The van der Waals surface area contributed by atoms with Crippen LogP contribution in [0.5, 0.6) is 0 Å². The van der Waals surface area contributed by atoms with E-state index in [1.807, 2.05) is 51.1 Å². The Balaban J connectivity index is 1.82. The Morgan fingerprint density at radius 3 is 2.76 bits per heavy atom. The third-order valence-corrected chi connectivity index (χ3v) is 3.57. The number of amides is 1. The minimum Gasteiger partial charge on any atom is -0.459 e. The molecule has 0 spiro atoms. The molecule has 5 heteroatoms. The zero-order valence-electron chi connectivity index (χ0n) is 12.2. The van der Waals surface area contributed by atoms with Crippen LogP contribution < -0.4 is 5.32 Å². The van der Waals surface area contributed by atoms with Crippen molar-refractivity contribution in [2.45, 2.75) is 26.8 Å². The Hall–Kier alpha value is -2.56. The molecule has 0 aliphatic rings. The van der Waals surface area contributed by atoms with Crippen LogP contribution in [0.4, 0.5) is 0 Å². The van der Waals surface area contributed by atoms with E-state index in [0.29, 0.717) is 11.3 Å². The standard InChI is InChI=1S/C16H17N3O2/c1-9(14-8-12-6-4-5-7-13(12)21-14)17-16(20)15-10(2)18-19-11(15)3/h4-9H,1-3H3,(H,17,20)(H,18,19). The highest BCUT2D eigenvalue weighted by Crippen LogP contribution is 2.24. The summed E-state index contributed by atoms with van der Waals surface area (Å²) in [6.07, 6.45) is 0. The lowest BCUT2D eigenvalue weighted by Crippen LogP contribution is -2.27. The molecule has 0 aliphatic heterocycles. The average molecular weight is 283 g/mol. The van der Waals surface area contributed by atoms with Gasteiger partial charge in [-0.2, -0.15) is 5.10 Å². The van der Waals surface area contributed by atoms with E-state index in [-0.39, 0.29) is 11.9 Å². The molecule has 1 atom stereocenters. The second-order valence-corrected chi connectivity index (χ2v) is 5.19. The summed E-state index contributed by atoms with van der Waals surface area (Å²) in [7, 11) is 0. The highest BCUT2D eigenvalue weighted by Gasteiger charge is 2.19. The van der Waals surface area contributed by atoms with Gasteiger partial charge in [0, 0.05) is 11.1 Å². The summed E-state index contributed by atoms with van der Waals surface area (Å²) >= 11 is 0. The minimum absolute atomic E-state index is 0.147. The van der Waals surface area contributed by atoms with Crippen molar-refractivity contribution in [3.63, 3.8) is 0 Å². The summed E-state index contributed by atoms with van der Waals surface area (Å²) in [4.78, 5) is 12.3. The van der Waals surface area contributed by atoms with Crippen LogP contribution in [0.25, 0.3) is 11.0 Å². The van der Waals surface area contributed by atoms with E-state index in [9.17, 15) is 4.79 Å². The van der Waals surface area contributed by atoms with Gasteiger partial charge in [0.1, 0.15) is 11.3 Å². The lowest BCUT2D eigenvalue weighted by Gasteiger charge is -2.11. The summed E-state index contributed by atoms with van der Waals surface area (Å²) in [5, 5.41) is 10.8. The molecule has 108 valence electrons. The molecule has 5 nitrogen and oxygen atoms in total. The molecular weight excluding hydrogens is 266 g/mol. The van der Waals surface area contributed by atoms with Crippen LogP contribution in [0.2, 0.25) is 0 Å². The number of aryl methyl sites for hydroxylation is 2. The van der Waals surface area contributed by atoms with Crippen molar-refractivity contribution < 1.29 is 9.21 Å². The first-order valence-corrected chi connectivity index (χ1v) is 6.87. The summed E-state index contributed by atoms with van der Waals surface area (Å²) < 4.78 is 5.77. The number of benzene rings is 1. The molecule has 2 heterocycles. The number of fused-ring (bicyclic) bond motifs is 1.